The zero-order valence-corrected chi connectivity index (χ0v) is 21.6. The van der Waals surface area contributed by atoms with E-state index in [1.807, 2.05) is 0 Å². The van der Waals surface area contributed by atoms with Gasteiger partial charge in [0.05, 0.1) is 33.0 Å². The first-order valence-electron chi connectivity index (χ1n) is 10.7. The lowest BCUT2D eigenvalue weighted by Gasteiger charge is -2.31. The summed E-state index contributed by atoms with van der Waals surface area (Å²) in [7, 11) is 1.18. The van der Waals surface area contributed by atoms with Crippen LogP contribution in [0.25, 0.3) is 0 Å². The molecule has 41 heavy (non-hydrogen) atoms. The molecule has 2 amide bonds. The summed E-state index contributed by atoms with van der Waals surface area (Å²) in [5.41, 5.74) is -13.0. The summed E-state index contributed by atoms with van der Waals surface area (Å²) in [4.78, 5) is 29.8. The Morgan fingerprint density at radius 1 is 0.805 bits per heavy atom. The highest BCUT2D eigenvalue weighted by atomic mass is 79.9. The van der Waals surface area contributed by atoms with Crippen LogP contribution in [0.5, 0.6) is 0 Å². The van der Waals surface area contributed by atoms with E-state index in [0.717, 1.165) is 29.3 Å². The van der Waals surface area contributed by atoms with Gasteiger partial charge in [0.1, 0.15) is 0 Å². The van der Waals surface area contributed by atoms with Gasteiger partial charge in [-0.05, 0) is 42.5 Å². The topological polar surface area (TPSA) is 53.5 Å². The fraction of sp³-hybridized carbons (Fsp3) is 0.208. The van der Waals surface area contributed by atoms with Crippen LogP contribution in [0.2, 0.25) is 0 Å². The summed E-state index contributed by atoms with van der Waals surface area (Å²) in [6.07, 6.45) is -17.9. The van der Waals surface area contributed by atoms with Crippen LogP contribution in [0.3, 0.4) is 0 Å². The minimum atomic E-state index is -6.68. The Kier molecular flexibility index (Phi) is 8.45. The van der Waals surface area contributed by atoms with E-state index in [1.165, 1.54) is 25.2 Å². The number of amides is 2. The summed E-state index contributed by atoms with van der Waals surface area (Å²) in [5.74, 6) is -3.36. The molecule has 1 heterocycles. The zero-order chi connectivity index (χ0) is 31.1. The number of halogens is 12. The maximum Gasteiger partial charge on any atom is 0.435 e. The first kappa shape index (κ1) is 31.8. The van der Waals surface area contributed by atoms with Crippen LogP contribution in [-0.2, 0) is 11.8 Å². The summed E-state index contributed by atoms with van der Waals surface area (Å²) in [6.45, 7) is 0. The van der Waals surface area contributed by atoms with Crippen molar-refractivity contribution >= 4 is 39.3 Å². The zero-order valence-electron chi connectivity index (χ0n) is 20.0. The Morgan fingerprint density at radius 2 is 1.41 bits per heavy atom. The number of rotatable bonds is 5. The maximum atomic E-state index is 14.4. The average Bonchev–Trinajstić information content (AvgIpc) is 2.89. The predicted molar refractivity (Wildman–Crippen MR) is 125 cm³/mol. The number of benzene rings is 2. The molecule has 17 heteroatoms. The van der Waals surface area contributed by atoms with Crippen LogP contribution in [0, 0.1) is 5.95 Å². The third-order valence-electron chi connectivity index (χ3n) is 5.65. The number of nitrogens with zero attached hydrogens (tertiary/aromatic N) is 3. The molecule has 0 N–H and O–H groups in total. The van der Waals surface area contributed by atoms with Crippen molar-refractivity contribution in [3.8, 4) is 0 Å². The van der Waals surface area contributed by atoms with Crippen molar-refractivity contribution in [2.45, 2.75) is 24.2 Å². The molecule has 5 nitrogen and oxygen atoms in total. The Balaban J connectivity index is 2.04. The van der Waals surface area contributed by atoms with Crippen LogP contribution >= 0.6 is 16.1 Å². The van der Waals surface area contributed by atoms with Crippen molar-refractivity contribution in [1.29, 1.82) is 0 Å². The van der Waals surface area contributed by atoms with E-state index in [-0.39, 0.29) is 21.7 Å². The van der Waals surface area contributed by atoms with E-state index in [4.69, 9.17) is 0 Å². The van der Waals surface area contributed by atoms with E-state index in [1.54, 1.807) is 0 Å². The van der Waals surface area contributed by atoms with Gasteiger partial charge < -0.3 is 4.90 Å². The number of anilines is 2. The van der Waals surface area contributed by atoms with E-state index in [0.29, 0.717) is 0 Å². The van der Waals surface area contributed by atoms with Crippen LogP contribution in [0.1, 0.15) is 31.8 Å². The van der Waals surface area contributed by atoms with Crippen molar-refractivity contribution in [3.05, 3.63) is 89.0 Å². The Hall–Kier alpha value is -3.76. The molecule has 0 aliphatic carbocycles. The molecule has 0 aliphatic rings. The predicted octanol–water partition coefficient (Wildman–Crippen LogP) is 7.76. The quantitative estimate of drug-likeness (QED) is 0.159. The molecule has 0 saturated heterocycles. The summed E-state index contributed by atoms with van der Waals surface area (Å²) >= 11 is 2.53. The van der Waals surface area contributed by atoms with Gasteiger partial charge in [-0.25, -0.2) is 13.3 Å². The van der Waals surface area contributed by atoms with Gasteiger partial charge in [0, 0.05) is 30.1 Å². The molecule has 0 spiro atoms. The van der Waals surface area contributed by atoms with Gasteiger partial charge in [-0.3, -0.25) is 9.59 Å². The van der Waals surface area contributed by atoms with Crippen molar-refractivity contribution < 1.29 is 57.9 Å². The van der Waals surface area contributed by atoms with Gasteiger partial charge >= 0.3 is 24.2 Å². The smallest absolute Gasteiger partial charge is 0.311 e. The first-order chi connectivity index (χ1) is 18.7. The van der Waals surface area contributed by atoms with Crippen LogP contribution in [0.4, 0.5) is 59.7 Å². The minimum absolute atomic E-state index is 0.0568. The number of carbonyl (C=O) groups is 2. The molecule has 0 atom stereocenters. The maximum absolute atomic E-state index is 14.4. The third-order valence-corrected chi connectivity index (χ3v) is 6.35. The highest BCUT2D eigenvalue weighted by Gasteiger charge is 2.73. The van der Waals surface area contributed by atoms with Gasteiger partial charge in [-0.15, -0.1) is 0 Å². The summed E-state index contributed by atoms with van der Waals surface area (Å²) in [5, 5.41) is 0. The first-order valence-corrected chi connectivity index (χ1v) is 11.5. The van der Waals surface area contributed by atoms with E-state index >= 15 is 0 Å². The molecule has 3 aromatic rings. The lowest BCUT2D eigenvalue weighted by Crippen LogP contribution is -2.50. The third kappa shape index (κ3) is 5.99. The van der Waals surface area contributed by atoms with Crippen molar-refractivity contribution in [2.24, 2.45) is 0 Å². The number of carbonyl (C=O) groups excluding carboxylic acids is 2. The second kappa shape index (κ2) is 10.9. The molecule has 2 aromatic carbocycles. The molecule has 0 bridgehead atoms. The molecule has 0 saturated carbocycles. The largest absolute Gasteiger partial charge is 0.435 e. The Bertz CT molecular complexity index is 1460. The summed E-state index contributed by atoms with van der Waals surface area (Å²) < 4.78 is 148. The molecular formula is C24H13BrF11N3O2. The second-order valence-corrected chi connectivity index (χ2v) is 8.94. The molecule has 220 valence electrons. The van der Waals surface area contributed by atoms with Crippen LogP contribution in [-0.4, -0.2) is 36.2 Å². The monoisotopic (exact) mass is 663 g/mol. The molecular weight excluding hydrogens is 651 g/mol. The fourth-order valence-electron chi connectivity index (χ4n) is 3.55. The van der Waals surface area contributed by atoms with Crippen LogP contribution < -0.4 is 8.83 Å². The SMILES string of the molecule is CN(C(=O)c1cccnc1F)c1cccc(C(=O)N(Br)c2ccc(C(F)(C(F)(F)F)C(F)(F)F)cc2C(F)(F)F)c1. The van der Waals surface area contributed by atoms with E-state index in [9.17, 15) is 57.9 Å². The van der Waals surface area contributed by atoms with Crippen molar-refractivity contribution in [2.75, 3.05) is 15.9 Å². The van der Waals surface area contributed by atoms with Crippen molar-refractivity contribution in [3.63, 3.8) is 0 Å². The number of hydrogen-bond acceptors (Lipinski definition) is 3. The van der Waals surface area contributed by atoms with E-state index in [2.05, 4.69) is 21.1 Å². The van der Waals surface area contributed by atoms with Gasteiger partial charge in [0.2, 0.25) is 5.95 Å². The lowest BCUT2D eigenvalue weighted by atomic mass is 9.92. The summed E-state index contributed by atoms with van der Waals surface area (Å²) in [6, 6.07) is 6.07. The molecule has 0 radical (unpaired) electrons. The Morgan fingerprint density at radius 3 is 1.95 bits per heavy atom. The van der Waals surface area contributed by atoms with E-state index < -0.39 is 76.0 Å². The second-order valence-electron chi connectivity index (χ2n) is 8.23. The molecule has 0 fully saturated rings. The fourth-order valence-corrected chi connectivity index (χ4v) is 4.06. The lowest BCUT2D eigenvalue weighted by molar-refractivity contribution is -0.348. The standard InChI is InChI=1S/C24H13BrF11N3O2/c1-38(20(41)15-6-3-9-37-18(15)26)14-5-2-4-12(10-14)19(40)39(25)17-8-7-13(11-16(17)22(28,29)30)21(27,23(31,32)33)24(34,35)36/h2-11H,1H3. The van der Waals surface area contributed by atoms with Gasteiger partial charge in [0.25, 0.3) is 11.8 Å². The molecule has 0 aliphatic heterocycles. The minimum Gasteiger partial charge on any atom is -0.311 e. The average molecular weight is 664 g/mol. The van der Waals surface area contributed by atoms with Gasteiger partial charge in [-0.2, -0.15) is 43.9 Å². The highest BCUT2D eigenvalue weighted by molar-refractivity contribution is 9.10. The van der Waals surface area contributed by atoms with Gasteiger partial charge in [0.15, 0.2) is 0 Å². The normalized spacial score (nSPS) is 12.7. The number of hydrogen-bond donors (Lipinski definition) is 0. The molecule has 0 unspecified atom stereocenters. The number of alkyl halides is 10. The number of pyridine rings is 1. The molecule has 1 aromatic heterocycles. The Labute approximate surface area is 231 Å². The van der Waals surface area contributed by atoms with Crippen LogP contribution in [0.15, 0.2) is 60.8 Å². The van der Waals surface area contributed by atoms with Crippen molar-refractivity contribution in [1.82, 2.24) is 4.98 Å². The van der Waals surface area contributed by atoms with Gasteiger partial charge in [-0.1, -0.05) is 12.1 Å². The number of aromatic nitrogens is 1. The molecule has 3 rings (SSSR count). The highest BCUT2D eigenvalue weighted by Crippen LogP contribution is 2.54.